The van der Waals surface area contributed by atoms with Crippen LogP contribution < -0.4 is 0 Å². The second-order valence-corrected chi connectivity index (χ2v) is 9.88. The molecule has 0 radical (unpaired) electrons. The Labute approximate surface area is 178 Å². The van der Waals surface area contributed by atoms with Gasteiger partial charge < -0.3 is 9.47 Å². The van der Waals surface area contributed by atoms with Crippen molar-refractivity contribution in [2.75, 3.05) is 45.8 Å². The van der Waals surface area contributed by atoms with Crippen LogP contribution in [0.25, 0.3) is 0 Å². The Bertz CT molecular complexity index is 972. The van der Waals surface area contributed by atoms with Crippen LogP contribution >= 0.6 is 0 Å². The number of amides is 1. The van der Waals surface area contributed by atoms with Gasteiger partial charge >= 0.3 is 0 Å². The van der Waals surface area contributed by atoms with Crippen molar-refractivity contribution in [3.63, 3.8) is 0 Å². The van der Waals surface area contributed by atoms with Gasteiger partial charge in [0.1, 0.15) is 5.82 Å². The Hall–Kier alpha value is -2.23. The average molecular weight is 432 g/mol. The number of sulfonamides is 1. The average Bonchev–Trinajstić information content (AvgIpc) is 3.45. The molecule has 0 saturated carbocycles. The van der Waals surface area contributed by atoms with Gasteiger partial charge in [-0.05, 0) is 44.0 Å². The van der Waals surface area contributed by atoms with Gasteiger partial charge in [-0.25, -0.2) is 13.4 Å². The van der Waals surface area contributed by atoms with Crippen LogP contribution in [-0.2, 0) is 16.6 Å². The minimum atomic E-state index is -3.45. The van der Waals surface area contributed by atoms with E-state index in [1.165, 1.54) is 4.31 Å². The van der Waals surface area contributed by atoms with Gasteiger partial charge in [0, 0.05) is 70.3 Å². The molecule has 2 aromatic rings. The number of carbonyl (C=O) groups excluding carboxylic acids is 1. The lowest BCUT2D eigenvalue weighted by molar-refractivity contribution is 0.0633. The molecule has 1 aromatic carbocycles. The third-order valence-electron chi connectivity index (χ3n) is 6.04. The molecule has 2 fully saturated rings. The zero-order valence-electron chi connectivity index (χ0n) is 17.4. The highest BCUT2D eigenvalue weighted by Gasteiger charge is 2.28. The van der Waals surface area contributed by atoms with Crippen LogP contribution in [0, 0.1) is 6.92 Å². The molecule has 4 rings (SSSR count). The number of carbonyl (C=O) groups is 1. The number of aromatic nitrogens is 2. The van der Waals surface area contributed by atoms with Crippen molar-refractivity contribution >= 4 is 15.9 Å². The topological polar surface area (TPSA) is 78.8 Å². The van der Waals surface area contributed by atoms with E-state index in [1.54, 1.807) is 24.3 Å². The van der Waals surface area contributed by atoms with Crippen LogP contribution in [0.3, 0.4) is 0 Å². The van der Waals surface area contributed by atoms with E-state index >= 15 is 0 Å². The molecule has 0 atom stereocenters. The molecule has 2 aliphatic rings. The lowest BCUT2D eigenvalue weighted by atomic mass is 10.2. The highest BCUT2D eigenvalue weighted by atomic mass is 32.2. The minimum Gasteiger partial charge on any atom is -0.336 e. The highest BCUT2D eigenvalue weighted by molar-refractivity contribution is 7.89. The van der Waals surface area contributed by atoms with E-state index < -0.39 is 10.0 Å². The summed E-state index contributed by atoms with van der Waals surface area (Å²) in [6.07, 6.45) is 5.61. The molecule has 0 N–H and O–H groups in total. The second-order valence-electron chi connectivity index (χ2n) is 7.94. The maximum atomic E-state index is 12.8. The number of hydrogen-bond donors (Lipinski definition) is 0. The number of nitrogens with zero attached hydrogens (tertiary/aromatic N) is 5. The Balaban J connectivity index is 1.31. The van der Waals surface area contributed by atoms with Crippen molar-refractivity contribution in [3.05, 3.63) is 48.0 Å². The molecule has 3 heterocycles. The summed E-state index contributed by atoms with van der Waals surface area (Å²) in [6.45, 7) is 8.00. The molecule has 9 heteroatoms. The van der Waals surface area contributed by atoms with Crippen molar-refractivity contribution in [1.82, 2.24) is 23.7 Å². The van der Waals surface area contributed by atoms with Crippen molar-refractivity contribution in [2.24, 2.45) is 0 Å². The SMILES string of the molecule is Cc1nccn1CCN1CCN(C(=O)c2ccc(S(=O)(=O)N3CCCC3)cc2)CC1. The molecule has 8 nitrogen and oxygen atoms in total. The Morgan fingerprint density at radius 2 is 1.63 bits per heavy atom. The lowest BCUT2D eigenvalue weighted by Gasteiger charge is -2.34. The van der Waals surface area contributed by atoms with Crippen molar-refractivity contribution in [2.45, 2.75) is 31.2 Å². The first-order valence-electron chi connectivity index (χ1n) is 10.5. The number of imidazole rings is 1. The third-order valence-corrected chi connectivity index (χ3v) is 7.96. The zero-order chi connectivity index (χ0) is 21.1. The molecule has 0 unspecified atom stereocenters. The normalized spacial score (nSPS) is 18.8. The highest BCUT2D eigenvalue weighted by Crippen LogP contribution is 2.21. The van der Waals surface area contributed by atoms with Crippen LogP contribution in [0.15, 0.2) is 41.6 Å². The Kier molecular flexibility index (Phi) is 6.21. The first kappa shape index (κ1) is 21.0. The number of benzene rings is 1. The molecule has 0 aliphatic carbocycles. The van der Waals surface area contributed by atoms with E-state index in [1.807, 2.05) is 24.2 Å². The Morgan fingerprint density at radius 3 is 2.23 bits per heavy atom. The number of hydrogen-bond acceptors (Lipinski definition) is 5. The number of aryl methyl sites for hydroxylation is 1. The van der Waals surface area contributed by atoms with Crippen LogP contribution in [0.2, 0.25) is 0 Å². The van der Waals surface area contributed by atoms with Crippen molar-refractivity contribution in [1.29, 1.82) is 0 Å². The fourth-order valence-corrected chi connectivity index (χ4v) is 5.61. The fraction of sp³-hybridized carbons (Fsp3) is 0.524. The molecule has 0 bridgehead atoms. The van der Waals surface area contributed by atoms with Crippen LogP contribution in [-0.4, -0.2) is 83.8 Å². The summed E-state index contributed by atoms with van der Waals surface area (Å²) in [6, 6.07) is 6.40. The molecule has 0 spiro atoms. The molecule has 1 aromatic heterocycles. The van der Waals surface area contributed by atoms with E-state index in [0.717, 1.165) is 44.8 Å². The molecule has 1 amide bonds. The zero-order valence-corrected chi connectivity index (χ0v) is 18.2. The van der Waals surface area contributed by atoms with Gasteiger partial charge in [0.25, 0.3) is 5.91 Å². The molecule has 30 heavy (non-hydrogen) atoms. The van der Waals surface area contributed by atoms with Gasteiger partial charge in [-0.2, -0.15) is 4.31 Å². The summed E-state index contributed by atoms with van der Waals surface area (Å²) in [5, 5.41) is 0. The molecular formula is C21H29N5O3S. The Morgan fingerprint density at radius 1 is 0.967 bits per heavy atom. The van der Waals surface area contributed by atoms with E-state index in [-0.39, 0.29) is 10.8 Å². The summed E-state index contributed by atoms with van der Waals surface area (Å²) in [4.78, 5) is 21.6. The molecular weight excluding hydrogens is 402 g/mol. The van der Waals surface area contributed by atoms with Crippen molar-refractivity contribution in [3.8, 4) is 0 Å². The van der Waals surface area contributed by atoms with E-state index in [2.05, 4.69) is 14.5 Å². The second kappa shape index (κ2) is 8.87. The fourth-order valence-electron chi connectivity index (χ4n) is 4.09. The van der Waals surface area contributed by atoms with E-state index in [0.29, 0.717) is 31.7 Å². The monoisotopic (exact) mass is 431 g/mol. The van der Waals surface area contributed by atoms with Gasteiger partial charge in [0.2, 0.25) is 10.0 Å². The van der Waals surface area contributed by atoms with E-state index in [4.69, 9.17) is 0 Å². The standard InChI is InChI=1S/C21H29N5O3S/c1-18-22-8-11-24(18)15-12-23-13-16-25(17-14-23)21(27)19-4-6-20(7-5-19)30(28,29)26-9-2-3-10-26/h4-8,11H,2-3,9-10,12-17H2,1H3. The summed E-state index contributed by atoms with van der Waals surface area (Å²) < 4.78 is 28.9. The largest absolute Gasteiger partial charge is 0.336 e. The van der Waals surface area contributed by atoms with Crippen LogP contribution in [0.1, 0.15) is 29.0 Å². The first-order chi connectivity index (χ1) is 14.4. The smallest absolute Gasteiger partial charge is 0.253 e. The van der Waals surface area contributed by atoms with Gasteiger partial charge in [-0.3, -0.25) is 9.69 Å². The molecule has 162 valence electrons. The summed E-state index contributed by atoms with van der Waals surface area (Å²) in [5.74, 6) is 0.976. The van der Waals surface area contributed by atoms with Crippen LogP contribution in [0.4, 0.5) is 0 Å². The van der Waals surface area contributed by atoms with Crippen LogP contribution in [0.5, 0.6) is 0 Å². The van der Waals surface area contributed by atoms with Crippen molar-refractivity contribution < 1.29 is 13.2 Å². The third kappa shape index (κ3) is 4.43. The van der Waals surface area contributed by atoms with Gasteiger partial charge in [-0.15, -0.1) is 0 Å². The lowest BCUT2D eigenvalue weighted by Crippen LogP contribution is -2.49. The minimum absolute atomic E-state index is 0.0368. The summed E-state index contributed by atoms with van der Waals surface area (Å²) in [7, 11) is -3.45. The predicted molar refractivity (Wildman–Crippen MR) is 114 cm³/mol. The summed E-state index contributed by atoms with van der Waals surface area (Å²) in [5.41, 5.74) is 0.540. The maximum Gasteiger partial charge on any atom is 0.253 e. The van der Waals surface area contributed by atoms with Gasteiger partial charge in [0.15, 0.2) is 0 Å². The maximum absolute atomic E-state index is 12.8. The predicted octanol–water partition coefficient (Wildman–Crippen LogP) is 1.43. The number of piperazine rings is 1. The van der Waals surface area contributed by atoms with Gasteiger partial charge in [-0.1, -0.05) is 0 Å². The molecule has 2 aliphatic heterocycles. The molecule has 2 saturated heterocycles. The summed E-state index contributed by atoms with van der Waals surface area (Å²) >= 11 is 0. The quantitative estimate of drug-likeness (QED) is 0.692. The van der Waals surface area contributed by atoms with E-state index in [9.17, 15) is 13.2 Å². The first-order valence-corrected chi connectivity index (χ1v) is 12.0. The number of rotatable bonds is 6. The van der Waals surface area contributed by atoms with Gasteiger partial charge in [0.05, 0.1) is 4.90 Å².